The van der Waals surface area contributed by atoms with Crippen LogP contribution in [0.15, 0.2) is 0 Å². The molecule has 0 amide bonds. The van der Waals surface area contributed by atoms with Crippen molar-refractivity contribution < 1.29 is 25.1 Å². The van der Waals surface area contributed by atoms with E-state index in [0.717, 1.165) is 6.04 Å². The second-order valence-electron chi connectivity index (χ2n) is 2.98. The van der Waals surface area contributed by atoms with Gasteiger partial charge in [-0.15, -0.1) is 0 Å². The van der Waals surface area contributed by atoms with Crippen LogP contribution >= 0.6 is 0 Å². The molecular weight excluding hydrogens is 164 g/mol. The monoisotopic (exact) mass is 178 g/mol. The van der Waals surface area contributed by atoms with Gasteiger partial charge >= 0.3 is 69.3 Å². The Balaban J connectivity index is 3.85. The fourth-order valence-electron chi connectivity index (χ4n) is 0.467. The quantitative estimate of drug-likeness (QED) is 0.638. The van der Waals surface area contributed by atoms with E-state index in [2.05, 4.69) is 40.0 Å². The molecule has 0 aromatic heterocycles. The van der Waals surface area contributed by atoms with Crippen LogP contribution in [0.25, 0.3) is 0 Å². The predicted octanol–water partition coefficient (Wildman–Crippen LogP) is 0.965. The summed E-state index contributed by atoms with van der Waals surface area (Å²) in [6.07, 6.45) is 0. The minimum atomic E-state index is -1.11. The molecule has 3 heteroatoms. The van der Waals surface area contributed by atoms with Crippen molar-refractivity contribution in [3.8, 4) is 0 Å². The summed E-state index contributed by atoms with van der Waals surface area (Å²) in [6, 6.07) is 1.01. The third kappa shape index (κ3) is 3.46. The first kappa shape index (κ1) is 9.76. The molecule has 0 aliphatic rings. The van der Waals surface area contributed by atoms with Gasteiger partial charge in [-0.3, -0.25) is 0 Å². The van der Waals surface area contributed by atoms with Crippen LogP contribution in [0.4, 0.5) is 0 Å². The molecule has 0 radical (unpaired) electrons. The van der Waals surface area contributed by atoms with Crippen molar-refractivity contribution in [1.29, 1.82) is 0 Å². The van der Waals surface area contributed by atoms with E-state index in [9.17, 15) is 0 Å². The molecule has 0 saturated carbocycles. The zero-order chi connectivity index (χ0) is 7.49. The van der Waals surface area contributed by atoms with Crippen molar-refractivity contribution in [2.24, 2.45) is 0 Å². The maximum absolute atomic E-state index is 8.67. The van der Waals surface area contributed by atoms with Crippen molar-refractivity contribution in [3.63, 3.8) is 0 Å². The van der Waals surface area contributed by atoms with Crippen LogP contribution in [0.2, 0.25) is 19.1 Å². The number of aliphatic hydroxyl groups excluding tert-OH is 1. The molecule has 0 aliphatic heterocycles. The molecule has 0 spiro atoms. The Morgan fingerprint density at radius 3 is 2.11 bits per heavy atom. The van der Waals surface area contributed by atoms with Crippen molar-refractivity contribution in [2.45, 2.75) is 26.1 Å². The van der Waals surface area contributed by atoms with Crippen molar-refractivity contribution in [2.75, 3.05) is 6.61 Å². The molecule has 0 bridgehead atoms. The van der Waals surface area contributed by atoms with Crippen molar-refractivity contribution in [3.05, 3.63) is 0 Å². The van der Waals surface area contributed by atoms with Gasteiger partial charge in [-0.1, -0.05) is 0 Å². The summed E-state index contributed by atoms with van der Waals surface area (Å²) in [6.45, 7) is 7.10. The molecule has 0 aliphatic carbocycles. The predicted molar refractivity (Wildman–Crippen MR) is 40.1 cm³/mol. The molecule has 0 unspecified atom stereocenters. The van der Waals surface area contributed by atoms with Gasteiger partial charge in [0, 0.05) is 0 Å². The van der Waals surface area contributed by atoms with Gasteiger partial charge in [0.2, 0.25) is 0 Å². The van der Waals surface area contributed by atoms with E-state index in [0.29, 0.717) is 6.61 Å². The Hall–Kier alpha value is 0.761. The van der Waals surface area contributed by atoms with Crippen LogP contribution in [0, 0.1) is 0 Å². The summed E-state index contributed by atoms with van der Waals surface area (Å²) in [7, 11) is -1.11. The van der Waals surface area contributed by atoms with E-state index in [-0.39, 0.29) is 0 Å². The Kier molecular flexibility index (Phi) is 4.14. The first-order valence-corrected chi connectivity index (χ1v) is 7.16. The fraction of sp³-hybridized carbons (Fsp3) is 0.833. The molecule has 50 valence electrons. The second-order valence-corrected chi connectivity index (χ2v) is 9.95. The van der Waals surface area contributed by atoms with E-state index in [4.69, 9.17) is 5.11 Å². The minimum absolute atomic E-state index is 0.352. The zero-order valence-corrected chi connectivity index (χ0v) is 8.92. The summed E-state index contributed by atoms with van der Waals surface area (Å²) >= 11 is 2.17. The number of hydrogen-bond acceptors (Lipinski definition) is 1. The average Bonchev–Trinajstić information content (AvgIpc) is 1.65. The molecule has 0 saturated heterocycles. The van der Waals surface area contributed by atoms with Gasteiger partial charge in [-0.25, -0.2) is 0 Å². The van der Waals surface area contributed by atoms with Gasteiger partial charge in [-0.05, 0) is 0 Å². The van der Waals surface area contributed by atoms with Crippen LogP contribution in [0.5, 0.6) is 0 Å². The van der Waals surface area contributed by atoms with Gasteiger partial charge in [0.15, 0.2) is 0 Å². The van der Waals surface area contributed by atoms with E-state index in [1.165, 1.54) is 3.43 Å². The Morgan fingerprint density at radius 2 is 2.00 bits per heavy atom. The van der Waals surface area contributed by atoms with Gasteiger partial charge in [-0.2, -0.15) is 0 Å². The average molecular weight is 178 g/mol. The molecule has 1 N–H and O–H groups in total. The Labute approximate surface area is 69.4 Å². The van der Waals surface area contributed by atoms with Crippen molar-refractivity contribution in [1.82, 2.24) is 0 Å². The van der Waals surface area contributed by atoms with Gasteiger partial charge in [0.25, 0.3) is 0 Å². The van der Waals surface area contributed by atoms with Crippen LogP contribution < -0.4 is 0 Å². The van der Waals surface area contributed by atoms with Gasteiger partial charge < -0.3 is 0 Å². The molecule has 0 rings (SSSR count). The van der Waals surface area contributed by atoms with E-state index >= 15 is 0 Å². The Morgan fingerprint density at radius 1 is 1.56 bits per heavy atom. The van der Waals surface area contributed by atoms with Crippen LogP contribution in [-0.4, -0.2) is 23.2 Å². The number of rotatable bonds is 3. The van der Waals surface area contributed by atoms with E-state index in [1.807, 2.05) is 0 Å². The first-order valence-electron chi connectivity index (χ1n) is 3.17. The SMILES string of the molecule is C[C](=[Ti+2])[Si](C)(C)CCO. The first-order chi connectivity index (χ1) is 4.00. The summed E-state index contributed by atoms with van der Waals surface area (Å²) < 4.78 is 1.52. The summed E-state index contributed by atoms with van der Waals surface area (Å²) in [5, 5.41) is 8.67. The molecule has 9 heavy (non-hydrogen) atoms. The normalized spacial score (nSPS) is 11.8. The standard InChI is InChI=1S/C6H14OSi.Ti/c1-4-8(2,3)6-5-7;/h7H,5-6H2,1-3H3;/q;+2. The fourth-order valence-corrected chi connectivity index (χ4v) is 1.99. The molecule has 0 heterocycles. The van der Waals surface area contributed by atoms with Crippen LogP contribution in [0.1, 0.15) is 6.92 Å². The second kappa shape index (κ2) is 3.82. The van der Waals surface area contributed by atoms with E-state index in [1.54, 1.807) is 0 Å². The summed E-state index contributed by atoms with van der Waals surface area (Å²) in [5.41, 5.74) is 0. The third-order valence-corrected chi connectivity index (χ3v) is 8.43. The maximum atomic E-state index is 8.67. The zero-order valence-electron chi connectivity index (χ0n) is 6.36. The van der Waals surface area contributed by atoms with Crippen LogP contribution in [0.3, 0.4) is 0 Å². The summed E-state index contributed by atoms with van der Waals surface area (Å²) in [4.78, 5) is 0. The van der Waals surface area contributed by atoms with Gasteiger partial charge in [0.1, 0.15) is 0 Å². The van der Waals surface area contributed by atoms with E-state index < -0.39 is 8.07 Å². The summed E-state index contributed by atoms with van der Waals surface area (Å²) in [5.74, 6) is 0. The number of aliphatic hydroxyl groups is 1. The molecule has 1 nitrogen and oxygen atoms in total. The van der Waals surface area contributed by atoms with Crippen LogP contribution in [-0.2, 0) is 20.0 Å². The van der Waals surface area contributed by atoms with Gasteiger partial charge in [0.05, 0.1) is 0 Å². The number of hydrogen-bond donors (Lipinski definition) is 1. The molecule has 0 atom stereocenters. The Bertz CT molecular complexity index is 112. The molecule has 0 aromatic rings. The third-order valence-electron chi connectivity index (χ3n) is 1.75. The topological polar surface area (TPSA) is 20.2 Å². The molecule has 0 fully saturated rings. The molecular formula is C6H14OSiTi+2. The molecule has 0 aromatic carbocycles. The van der Waals surface area contributed by atoms with Crippen molar-refractivity contribution >= 4 is 11.5 Å².